The Labute approximate surface area is 305 Å². The number of fused-ring (bicyclic) bond motifs is 4. The molecule has 0 atom stereocenters. The second-order valence-corrected chi connectivity index (χ2v) is 13.8. The number of amides is 2. The lowest BCUT2D eigenvalue weighted by Gasteiger charge is -2.18. The van der Waals surface area contributed by atoms with Gasteiger partial charge in [-0.2, -0.15) is 0 Å². The van der Waals surface area contributed by atoms with Gasteiger partial charge in [0.1, 0.15) is 0 Å². The molecule has 6 rings (SSSR count). The Hall–Kier alpha value is -5.36. The Morgan fingerprint density at radius 3 is 1.38 bits per heavy atom. The standard InChI is InChI=1S/C41H49N9O2/c1-48(2)22-18-42-36-16-14-30(38-32(36)26-28-10-6-8-12-34(28)46-38)40(51)44-20-24-50(5)25-21-45-41(52)31-15-17-37(43-19-23-49(3)4)33-27-29-11-7-9-13-35(29)47-39(31)33/h6-17,26-27,42-43H,18-25H2,1-5H3,(H,44,51)(H,45,52). The van der Waals surface area contributed by atoms with E-state index in [0.29, 0.717) is 48.3 Å². The van der Waals surface area contributed by atoms with Gasteiger partial charge in [-0.25, -0.2) is 9.97 Å². The van der Waals surface area contributed by atoms with Gasteiger partial charge in [0, 0.05) is 85.3 Å². The van der Waals surface area contributed by atoms with Crippen molar-refractivity contribution in [1.29, 1.82) is 0 Å². The molecule has 0 unspecified atom stereocenters. The molecule has 4 N–H and O–H groups in total. The monoisotopic (exact) mass is 699 g/mol. The Morgan fingerprint density at radius 1 is 0.538 bits per heavy atom. The maximum atomic E-state index is 13.5. The predicted octanol–water partition coefficient (Wildman–Crippen LogP) is 5.13. The lowest BCUT2D eigenvalue weighted by atomic mass is 10.0. The number of aromatic nitrogens is 2. The lowest BCUT2D eigenvalue weighted by Crippen LogP contribution is -2.37. The van der Waals surface area contributed by atoms with Crippen LogP contribution in [0.4, 0.5) is 11.4 Å². The van der Waals surface area contributed by atoms with Crippen molar-refractivity contribution in [3.63, 3.8) is 0 Å². The molecule has 270 valence electrons. The van der Waals surface area contributed by atoms with Gasteiger partial charge in [-0.3, -0.25) is 9.59 Å². The average Bonchev–Trinajstić information content (AvgIpc) is 3.13. The van der Waals surface area contributed by atoms with Gasteiger partial charge < -0.3 is 36.0 Å². The third-order valence-electron chi connectivity index (χ3n) is 9.17. The van der Waals surface area contributed by atoms with E-state index < -0.39 is 0 Å². The summed E-state index contributed by atoms with van der Waals surface area (Å²) in [7, 11) is 10.2. The van der Waals surface area contributed by atoms with Gasteiger partial charge in [0.25, 0.3) is 11.8 Å². The minimum Gasteiger partial charge on any atom is -0.383 e. The highest BCUT2D eigenvalue weighted by Crippen LogP contribution is 2.30. The van der Waals surface area contributed by atoms with E-state index in [1.165, 1.54) is 0 Å². The molecule has 6 aromatic rings. The van der Waals surface area contributed by atoms with Crippen LogP contribution in [0, 0.1) is 0 Å². The average molecular weight is 700 g/mol. The van der Waals surface area contributed by atoms with Gasteiger partial charge in [-0.15, -0.1) is 0 Å². The van der Waals surface area contributed by atoms with Gasteiger partial charge in [0.2, 0.25) is 0 Å². The fourth-order valence-corrected chi connectivity index (χ4v) is 6.25. The Balaban J connectivity index is 1.07. The smallest absolute Gasteiger partial charge is 0.253 e. The highest BCUT2D eigenvalue weighted by molar-refractivity contribution is 6.12. The van der Waals surface area contributed by atoms with Crippen LogP contribution in [0.1, 0.15) is 20.7 Å². The summed E-state index contributed by atoms with van der Waals surface area (Å²) in [4.78, 5) is 43.1. The summed E-state index contributed by atoms with van der Waals surface area (Å²) in [5.74, 6) is -0.332. The summed E-state index contributed by atoms with van der Waals surface area (Å²) in [6, 6.07) is 27.8. The second kappa shape index (κ2) is 16.8. The normalized spacial score (nSPS) is 11.7. The molecule has 0 saturated heterocycles. The van der Waals surface area contributed by atoms with Crippen LogP contribution in [0.5, 0.6) is 0 Å². The largest absolute Gasteiger partial charge is 0.383 e. The first-order chi connectivity index (χ1) is 25.2. The molecule has 0 fully saturated rings. The number of benzene rings is 4. The molecule has 0 aliphatic heterocycles. The number of hydrogen-bond acceptors (Lipinski definition) is 9. The van der Waals surface area contributed by atoms with Gasteiger partial charge in [0.05, 0.1) is 33.2 Å². The first-order valence-electron chi connectivity index (χ1n) is 17.8. The van der Waals surface area contributed by atoms with E-state index in [1.54, 1.807) is 0 Å². The van der Waals surface area contributed by atoms with Gasteiger partial charge in [-0.05, 0) is 83.8 Å². The molecule has 4 aromatic carbocycles. The molecule has 0 aliphatic carbocycles. The van der Waals surface area contributed by atoms with Crippen molar-refractivity contribution >= 4 is 66.8 Å². The van der Waals surface area contributed by atoms with E-state index in [2.05, 4.69) is 48.1 Å². The number of nitrogens with one attached hydrogen (secondary N) is 4. The molecule has 11 heteroatoms. The summed E-state index contributed by atoms with van der Waals surface area (Å²) >= 11 is 0. The van der Waals surface area contributed by atoms with Crippen molar-refractivity contribution in [2.45, 2.75) is 0 Å². The van der Waals surface area contributed by atoms with Crippen molar-refractivity contribution < 1.29 is 9.59 Å². The first-order valence-corrected chi connectivity index (χ1v) is 17.8. The van der Waals surface area contributed by atoms with E-state index in [0.717, 1.165) is 70.1 Å². The molecule has 0 aliphatic rings. The van der Waals surface area contributed by atoms with Crippen molar-refractivity contribution in [1.82, 2.24) is 35.3 Å². The summed E-state index contributed by atoms with van der Waals surface area (Å²) in [5.41, 5.74) is 6.05. The van der Waals surface area contributed by atoms with E-state index >= 15 is 0 Å². The van der Waals surface area contributed by atoms with E-state index in [9.17, 15) is 9.59 Å². The quantitative estimate of drug-likeness (QED) is 0.102. The Morgan fingerprint density at radius 2 is 0.962 bits per heavy atom. The van der Waals surface area contributed by atoms with E-state index in [4.69, 9.17) is 9.97 Å². The summed E-state index contributed by atoms with van der Waals surface area (Å²) in [5, 5.41) is 17.1. The van der Waals surface area contributed by atoms with Crippen LogP contribution in [0.25, 0.3) is 43.6 Å². The number of carbonyl (C=O) groups excluding carboxylic acids is 2. The summed E-state index contributed by atoms with van der Waals surface area (Å²) in [6.07, 6.45) is 0. The molecule has 2 amide bonds. The Kier molecular flexibility index (Phi) is 11.8. The lowest BCUT2D eigenvalue weighted by molar-refractivity contribution is 0.0950. The SMILES string of the molecule is CN(C)CCNc1ccc(C(=O)NCCN(C)CCNC(=O)c2ccc(NCCN(C)C)c3cc4ccccc4nc23)c2nc3ccccc3cc12. The first kappa shape index (κ1) is 36.4. The van der Waals surface area contributed by atoms with Crippen LogP contribution >= 0.6 is 0 Å². The number of para-hydroxylation sites is 2. The predicted molar refractivity (Wildman–Crippen MR) is 215 cm³/mol. The number of hydrogen-bond donors (Lipinski definition) is 4. The van der Waals surface area contributed by atoms with Crippen molar-refractivity contribution in [3.8, 4) is 0 Å². The molecule has 11 nitrogen and oxygen atoms in total. The highest BCUT2D eigenvalue weighted by Gasteiger charge is 2.17. The fourth-order valence-electron chi connectivity index (χ4n) is 6.25. The van der Waals surface area contributed by atoms with Crippen LogP contribution in [0.2, 0.25) is 0 Å². The zero-order valence-corrected chi connectivity index (χ0v) is 30.8. The van der Waals surface area contributed by atoms with Crippen molar-refractivity contribution in [2.24, 2.45) is 0 Å². The Bertz CT molecular complexity index is 2050. The van der Waals surface area contributed by atoms with Crippen molar-refractivity contribution in [2.75, 3.05) is 98.2 Å². The molecule has 0 spiro atoms. The molecular formula is C41H49N9O2. The van der Waals surface area contributed by atoms with Crippen LogP contribution in [-0.4, -0.2) is 124 Å². The second-order valence-electron chi connectivity index (χ2n) is 13.8. The highest BCUT2D eigenvalue weighted by atomic mass is 16.2. The number of nitrogens with zero attached hydrogens (tertiary/aromatic N) is 5. The molecule has 0 bridgehead atoms. The van der Waals surface area contributed by atoms with Gasteiger partial charge >= 0.3 is 0 Å². The van der Waals surface area contributed by atoms with E-state index in [1.807, 2.05) is 108 Å². The third-order valence-corrected chi connectivity index (χ3v) is 9.17. The fraction of sp³-hybridized carbons (Fsp3) is 0.317. The third kappa shape index (κ3) is 8.74. The van der Waals surface area contributed by atoms with Crippen molar-refractivity contribution in [3.05, 3.63) is 96.1 Å². The topological polar surface area (TPSA) is 118 Å². The summed E-state index contributed by atoms with van der Waals surface area (Å²) < 4.78 is 0. The molecule has 0 radical (unpaired) electrons. The number of pyridine rings is 2. The molecule has 2 heterocycles. The van der Waals surface area contributed by atoms with Crippen LogP contribution in [0.15, 0.2) is 84.9 Å². The van der Waals surface area contributed by atoms with E-state index in [-0.39, 0.29) is 11.8 Å². The summed E-state index contributed by atoms with van der Waals surface area (Å²) in [6.45, 7) is 5.45. The van der Waals surface area contributed by atoms with Crippen LogP contribution < -0.4 is 21.3 Å². The number of likely N-dealkylation sites (N-methyl/N-ethyl adjacent to an activating group) is 3. The molecule has 2 aromatic heterocycles. The number of rotatable bonds is 16. The minimum absolute atomic E-state index is 0.166. The zero-order chi connectivity index (χ0) is 36.6. The number of anilines is 2. The zero-order valence-electron chi connectivity index (χ0n) is 30.8. The molecular weight excluding hydrogens is 651 g/mol. The number of carbonyl (C=O) groups is 2. The van der Waals surface area contributed by atoms with Crippen LogP contribution in [0.3, 0.4) is 0 Å². The van der Waals surface area contributed by atoms with Gasteiger partial charge in [-0.1, -0.05) is 36.4 Å². The van der Waals surface area contributed by atoms with Gasteiger partial charge in [0.15, 0.2) is 0 Å². The molecule has 0 saturated carbocycles. The minimum atomic E-state index is -0.166. The maximum absolute atomic E-state index is 13.5. The van der Waals surface area contributed by atoms with Crippen LogP contribution in [-0.2, 0) is 0 Å². The maximum Gasteiger partial charge on any atom is 0.253 e. The molecule has 52 heavy (non-hydrogen) atoms.